The summed E-state index contributed by atoms with van der Waals surface area (Å²) in [4.78, 5) is 0. The predicted octanol–water partition coefficient (Wildman–Crippen LogP) is 3.51. The van der Waals surface area contributed by atoms with Crippen LogP contribution in [0.15, 0.2) is 12.1 Å². The lowest BCUT2D eigenvalue weighted by Gasteiger charge is -2.10. The summed E-state index contributed by atoms with van der Waals surface area (Å²) in [6, 6.07) is 1.10. The number of rotatable bonds is 1. The van der Waals surface area contributed by atoms with Crippen LogP contribution in [0.3, 0.4) is 0 Å². The Morgan fingerprint density at radius 1 is 1.29 bits per heavy atom. The summed E-state index contributed by atoms with van der Waals surface area (Å²) in [5.41, 5.74) is -1.40. The Hall–Kier alpha value is -0.970. The molecule has 0 aliphatic carbocycles. The van der Waals surface area contributed by atoms with E-state index in [4.69, 9.17) is 11.6 Å². The average Bonchev–Trinajstić information content (AvgIpc) is 2.06. The minimum atomic E-state index is -4.75. The minimum Gasteiger partial charge on any atom is -0.495 e. The van der Waals surface area contributed by atoms with Crippen molar-refractivity contribution < 1.29 is 22.3 Å². The van der Waals surface area contributed by atoms with E-state index in [1.165, 1.54) is 7.11 Å². The molecule has 1 aromatic rings. The number of hydrogen-bond acceptors (Lipinski definition) is 1. The van der Waals surface area contributed by atoms with E-state index in [9.17, 15) is 17.6 Å². The lowest BCUT2D eigenvalue weighted by molar-refractivity contribution is -0.140. The van der Waals surface area contributed by atoms with Crippen LogP contribution < -0.4 is 4.74 Å². The van der Waals surface area contributed by atoms with Gasteiger partial charge in [0.25, 0.3) is 0 Å². The van der Waals surface area contributed by atoms with Crippen LogP contribution in [0.1, 0.15) is 5.56 Å². The summed E-state index contributed by atoms with van der Waals surface area (Å²) in [5.74, 6) is -1.53. The third-order valence-corrected chi connectivity index (χ3v) is 1.84. The van der Waals surface area contributed by atoms with Crippen molar-refractivity contribution in [3.63, 3.8) is 0 Å². The summed E-state index contributed by atoms with van der Waals surface area (Å²) in [7, 11) is 1.19. The highest BCUT2D eigenvalue weighted by molar-refractivity contribution is 6.32. The van der Waals surface area contributed by atoms with Crippen molar-refractivity contribution in [3.05, 3.63) is 28.5 Å². The first kappa shape index (κ1) is 11.1. The number of methoxy groups -OCH3 is 1. The number of alkyl halides is 3. The largest absolute Gasteiger partial charge is 0.495 e. The molecule has 0 saturated carbocycles. The Morgan fingerprint density at radius 2 is 1.86 bits per heavy atom. The topological polar surface area (TPSA) is 9.23 Å². The second-order valence-electron chi connectivity index (χ2n) is 2.46. The molecular weight excluding hydrogens is 224 g/mol. The van der Waals surface area contributed by atoms with Crippen LogP contribution >= 0.6 is 11.6 Å². The molecule has 1 aromatic carbocycles. The molecule has 0 fully saturated rings. The molecule has 0 atom stereocenters. The molecule has 0 aliphatic heterocycles. The predicted molar refractivity (Wildman–Crippen MR) is 43.0 cm³/mol. The average molecular weight is 229 g/mol. The molecule has 0 aromatic heterocycles. The van der Waals surface area contributed by atoms with E-state index >= 15 is 0 Å². The highest BCUT2D eigenvalue weighted by atomic mass is 35.5. The number of benzene rings is 1. The van der Waals surface area contributed by atoms with Gasteiger partial charge in [-0.2, -0.15) is 13.2 Å². The first-order valence-corrected chi connectivity index (χ1v) is 3.84. The number of ether oxygens (including phenoxy) is 1. The van der Waals surface area contributed by atoms with Gasteiger partial charge in [-0.05, 0) is 6.07 Å². The maximum absolute atomic E-state index is 12.9. The molecule has 0 N–H and O–H groups in total. The van der Waals surface area contributed by atoms with E-state index in [0.29, 0.717) is 12.1 Å². The van der Waals surface area contributed by atoms with Gasteiger partial charge in [0.2, 0.25) is 0 Å². The first-order valence-electron chi connectivity index (χ1n) is 3.46. The molecule has 0 unspecified atom stereocenters. The second kappa shape index (κ2) is 3.65. The molecule has 1 nitrogen and oxygen atoms in total. The summed E-state index contributed by atoms with van der Waals surface area (Å²) in [5, 5.41) is -0.277. The molecule has 1 rings (SSSR count). The van der Waals surface area contributed by atoms with Crippen molar-refractivity contribution in [2.45, 2.75) is 6.18 Å². The van der Waals surface area contributed by atoms with Crippen molar-refractivity contribution in [3.8, 4) is 5.75 Å². The van der Waals surface area contributed by atoms with E-state index < -0.39 is 17.6 Å². The molecule has 6 heteroatoms. The van der Waals surface area contributed by atoms with Crippen LogP contribution in [-0.4, -0.2) is 7.11 Å². The summed E-state index contributed by atoms with van der Waals surface area (Å²) >= 11 is 5.42. The summed E-state index contributed by atoms with van der Waals surface area (Å²) < 4.78 is 53.8. The molecule has 78 valence electrons. The fourth-order valence-electron chi connectivity index (χ4n) is 0.902. The van der Waals surface area contributed by atoms with Gasteiger partial charge in [0.05, 0.1) is 17.7 Å². The van der Waals surface area contributed by atoms with Crippen LogP contribution in [-0.2, 0) is 6.18 Å². The SMILES string of the molecule is COc1cc(F)c(C(F)(F)F)cc1Cl. The molecule has 0 spiro atoms. The fourth-order valence-corrected chi connectivity index (χ4v) is 1.14. The molecule has 0 radical (unpaired) electrons. The Kier molecular flexibility index (Phi) is 2.89. The van der Waals surface area contributed by atoms with Crippen molar-refractivity contribution in [2.24, 2.45) is 0 Å². The molecular formula is C8H5ClF4O. The van der Waals surface area contributed by atoms with Gasteiger partial charge in [-0.25, -0.2) is 4.39 Å². The summed E-state index contributed by atoms with van der Waals surface area (Å²) in [6.45, 7) is 0. The van der Waals surface area contributed by atoms with Gasteiger partial charge in [0.15, 0.2) is 0 Å². The smallest absolute Gasteiger partial charge is 0.419 e. The van der Waals surface area contributed by atoms with Gasteiger partial charge < -0.3 is 4.74 Å². The standard InChI is InChI=1S/C8H5ClF4O/c1-14-7-3-6(10)4(2-5(7)9)8(11,12)13/h2-3H,1H3. The molecule has 0 aliphatic rings. The molecule has 0 amide bonds. The van der Waals surface area contributed by atoms with Crippen LogP contribution in [0, 0.1) is 5.82 Å². The molecule has 0 bridgehead atoms. The van der Waals surface area contributed by atoms with Gasteiger partial charge in [0, 0.05) is 6.07 Å². The van der Waals surface area contributed by atoms with E-state index in [0.717, 1.165) is 0 Å². The van der Waals surface area contributed by atoms with E-state index in [-0.39, 0.29) is 10.8 Å². The number of halogens is 5. The van der Waals surface area contributed by atoms with Crippen LogP contribution in [0.4, 0.5) is 17.6 Å². The van der Waals surface area contributed by atoms with E-state index in [1.807, 2.05) is 0 Å². The fraction of sp³-hybridized carbons (Fsp3) is 0.250. The lowest BCUT2D eigenvalue weighted by Crippen LogP contribution is -2.08. The van der Waals surface area contributed by atoms with Crippen molar-refractivity contribution >= 4 is 11.6 Å². The second-order valence-corrected chi connectivity index (χ2v) is 2.87. The lowest BCUT2D eigenvalue weighted by atomic mass is 10.2. The van der Waals surface area contributed by atoms with Crippen molar-refractivity contribution in [1.29, 1.82) is 0 Å². The normalized spacial score (nSPS) is 11.6. The van der Waals surface area contributed by atoms with Gasteiger partial charge in [0.1, 0.15) is 11.6 Å². The van der Waals surface area contributed by atoms with Crippen LogP contribution in [0.2, 0.25) is 5.02 Å². The van der Waals surface area contributed by atoms with E-state index in [1.54, 1.807) is 0 Å². The van der Waals surface area contributed by atoms with Gasteiger partial charge in [-0.1, -0.05) is 11.6 Å². The van der Waals surface area contributed by atoms with Crippen LogP contribution in [0.5, 0.6) is 5.75 Å². The Labute approximate surface area is 82.2 Å². The zero-order valence-electron chi connectivity index (χ0n) is 6.95. The quantitative estimate of drug-likeness (QED) is 0.669. The van der Waals surface area contributed by atoms with Gasteiger partial charge in [-0.3, -0.25) is 0 Å². The molecule has 14 heavy (non-hydrogen) atoms. The van der Waals surface area contributed by atoms with Gasteiger partial charge >= 0.3 is 6.18 Å². The highest BCUT2D eigenvalue weighted by Gasteiger charge is 2.34. The van der Waals surface area contributed by atoms with Crippen molar-refractivity contribution in [2.75, 3.05) is 7.11 Å². The maximum Gasteiger partial charge on any atom is 0.419 e. The zero-order valence-corrected chi connectivity index (χ0v) is 7.71. The Morgan fingerprint density at radius 3 is 2.29 bits per heavy atom. The Bertz CT molecular complexity index is 348. The van der Waals surface area contributed by atoms with Gasteiger partial charge in [-0.15, -0.1) is 0 Å². The molecule has 0 heterocycles. The highest BCUT2D eigenvalue weighted by Crippen LogP contribution is 2.36. The monoisotopic (exact) mass is 228 g/mol. The van der Waals surface area contributed by atoms with Crippen molar-refractivity contribution in [1.82, 2.24) is 0 Å². The third-order valence-electron chi connectivity index (χ3n) is 1.55. The van der Waals surface area contributed by atoms with E-state index in [2.05, 4.69) is 4.74 Å². The molecule has 0 saturated heterocycles. The Balaban J connectivity index is 3.29. The maximum atomic E-state index is 12.9. The summed E-state index contributed by atoms with van der Waals surface area (Å²) in [6.07, 6.45) is -4.75. The third kappa shape index (κ3) is 2.09. The number of hydrogen-bond donors (Lipinski definition) is 0. The zero-order chi connectivity index (χ0) is 10.9. The minimum absolute atomic E-state index is 0.128. The first-order chi connectivity index (χ1) is 6.36. The van der Waals surface area contributed by atoms with Crippen LogP contribution in [0.25, 0.3) is 0 Å².